The van der Waals surface area contributed by atoms with Crippen LogP contribution in [0.2, 0.25) is 0 Å². The maximum absolute atomic E-state index is 12.2. The van der Waals surface area contributed by atoms with Gasteiger partial charge in [0.05, 0.1) is 6.21 Å². The zero-order chi connectivity index (χ0) is 16.1. The Labute approximate surface area is 129 Å². The number of aromatic nitrogens is 1. The van der Waals surface area contributed by atoms with Crippen LogP contribution in [0.5, 0.6) is 0 Å². The summed E-state index contributed by atoms with van der Waals surface area (Å²) in [6, 6.07) is 13.6. The predicted molar refractivity (Wildman–Crippen MR) is 88.9 cm³/mol. The molecule has 0 N–H and O–H groups in total. The minimum absolute atomic E-state index is 0.132. The van der Waals surface area contributed by atoms with Crippen molar-refractivity contribution in [2.45, 2.75) is 20.8 Å². The Morgan fingerprint density at radius 2 is 1.95 bits per heavy atom. The van der Waals surface area contributed by atoms with E-state index in [0.717, 1.165) is 11.1 Å². The first kappa shape index (κ1) is 15.5. The molecule has 0 aliphatic rings. The molecular weight excluding hydrogens is 274 g/mol. The quantitative estimate of drug-likeness (QED) is 0.815. The van der Waals surface area contributed by atoms with Crippen molar-refractivity contribution in [1.82, 2.24) is 4.68 Å². The molecule has 0 radical (unpaired) electrons. The van der Waals surface area contributed by atoms with Crippen molar-refractivity contribution < 1.29 is 0 Å². The van der Waals surface area contributed by atoms with E-state index in [4.69, 9.17) is 5.26 Å². The number of benzene rings is 1. The second kappa shape index (κ2) is 6.68. The Morgan fingerprint density at radius 1 is 1.27 bits per heavy atom. The first-order valence-corrected chi connectivity index (χ1v) is 6.94. The number of hydrogen-bond donors (Lipinski definition) is 0. The largest absolute Gasteiger partial charge is 0.289 e. The van der Waals surface area contributed by atoms with E-state index in [1.165, 1.54) is 4.68 Å². The molecule has 22 heavy (non-hydrogen) atoms. The van der Waals surface area contributed by atoms with Crippen LogP contribution >= 0.6 is 0 Å². The molecule has 0 atom stereocenters. The Bertz CT molecular complexity index is 837. The zero-order valence-electron chi connectivity index (χ0n) is 12.9. The summed E-state index contributed by atoms with van der Waals surface area (Å²) in [5.74, 6) is 0. The second-order valence-corrected chi connectivity index (χ2v) is 5.12. The molecule has 0 amide bonds. The molecule has 0 aliphatic carbocycles. The van der Waals surface area contributed by atoms with Crippen LogP contribution in [0.1, 0.15) is 29.3 Å². The van der Waals surface area contributed by atoms with Crippen LogP contribution in [0.3, 0.4) is 0 Å². The molecular formula is C18H17N3O. The summed E-state index contributed by atoms with van der Waals surface area (Å²) < 4.78 is 1.26. The van der Waals surface area contributed by atoms with Crippen LogP contribution in [0.4, 0.5) is 0 Å². The first-order chi connectivity index (χ1) is 10.5. The Balaban J connectivity index is 2.37. The smallest absolute Gasteiger partial charge is 0.266 e. The molecule has 0 saturated heterocycles. The third-order valence-corrected chi connectivity index (χ3v) is 3.24. The lowest BCUT2D eigenvalue weighted by Gasteiger charge is -2.06. The van der Waals surface area contributed by atoms with Gasteiger partial charge in [0.25, 0.3) is 5.56 Å². The van der Waals surface area contributed by atoms with E-state index in [9.17, 15) is 4.79 Å². The van der Waals surface area contributed by atoms with Gasteiger partial charge < -0.3 is 0 Å². The van der Waals surface area contributed by atoms with Crippen LogP contribution in [0.15, 0.2) is 51.9 Å². The third kappa shape index (κ3) is 3.39. The van der Waals surface area contributed by atoms with Crippen molar-refractivity contribution in [1.29, 1.82) is 5.26 Å². The van der Waals surface area contributed by atoms with E-state index in [2.05, 4.69) is 5.10 Å². The molecule has 0 spiro atoms. The molecule has 4 heteroatoms. The molecule has 0 saturated carbocycles. The lowest BCUT2D eigenvalue weighted by molar-refractivity contribution is 0.786. The van der Waals surface area contributed by atoms with Gasteiger partial charge in [-0.2, -0.15) is 10.4 Å². The highest BCUT2D eigenvalue weighted by Gasteiger charge is 2.08. The summed E-state index contributed by atoms with van der Waals surface area (Å²) in [5, 5.41) is 13.3. The number of rotatable bonds is 3. The van der Waals surface area contributed by atoms with E-state index >= 15 is 0 Å². The fourth-order valence-electron chi connectivity index (χ4n) is 2.16. The summed E-state index contributed by atoms with van der Waals surface area (Å²) in [6.07, 6.45) is 3.60. The van der Waals surface area contributed by atoms with Gasteiger partial charge in [0.2, 0.25) is 0 Å². The first-order valence-electron chi connectivity index (χ1n) is 6.94. The molecule has 110 valence electrons. The van der Waals surface area contributed by atoms with Crippen molar-refractivity contribution in [3.05, 3.63) is 74.7 Å². The van der Waals surface area contributed by atoms with Gasteiger partial charge in [-0.1, -0.05) is 36.4 Å². The highest BCUT2D eigenvalue weighted by atomic mass is 16.1. The van der Waals surface area contributed by atoms with Crippen LogP contribution < -0.4 is 5.56 Å². The van der Waals surface area contributed by atoms with Gasteiger partial charge in [-0.25, -0.2) is 4.68 Å². The summed E-state index contributed by atoms with van der Waals surface area (Å²) >= 11 is 0. The standard InChI is InChI=1S/C18H17N3O/c1-13(9-16-7-5-4-6-8-16)12-20-21-15(3)10-14(2)17(11-19)18(21)22/h4-10,12H,1-3H3/b13-9+,20-12+. The third-order valence-electron chi connectivity index (χ3n) is 3.24. The molecule has 1 heterocycles. The lowest BCUT2D eigenvalue weighted by Crippen LogP contribution is -2.22. The minimum atomic E-state index is -0.385. The van der Waals surface area contributed by atoms with Gasteiger partial charge in [-0.3, -0.25) is 4.79 Å². The van der Waals surface area contributed by atoms with Crippen molar-refractivity contribution >= 4 is 12.3 Å². The molecule has 1 aromatic heterocycles. The molecule has 2 rings (SSSR count). The van der Waals surface area contributed by atoms with E-state index < -0.39 is 0 Å². The fraction of sp³-hybridized carbons (Fsp3) is 0.167. The average Bonchev–Trinajstić information content (AvgIpc) is 2.48. The van der Waals surface area contributed by atoms with Crippen LogP contribution in [0, 0.1) is 25.2 Å². The number of aryl methyl sites for hydroxylation is 2. The molecule has 0 unspecified atom stereocenters. The SMILES string of the molecule is CC(/C=N/n1c(C)cc(C)c(C#N)c1=O)=C\c1ccccc1. The van der Waals surface area contributed by atoms with E-state index in [1.54, 1.807) is 26.1 Å². The normalized spacial score (nSPS) is 11.6. The van der Waals surface area contributed by atoms with Crippen LogP contribution in [-0.2, 0) is 0 Å². The highest BCUT2D eigenvalue weighted by Crippen LogP contribution is 2.07. The van der Waals surface area contributed by atoms with E-state index in [-0.39, 0.29) is 11.1 Å². The van der Waals surface area contributed by atoms with Crippen LogP contribution in [0.25, 0.3) is 6.08 Å². The van der Waals surface area contributed by atoms with E-state index in [0.29, 0.717) is 11.3 Å². The van der Waals surface area contributed by atoms with Gasteiger partial charge in [0.1, 0.15) is 11.6 Å². The van der Waals surface area contributed by atoms with Gasteiger partial charge in [-0.05, 0) is 43.5 Å². The molecule has 0 fully saturated rings. The predicted octanol–water partition coefficient (Wildman–Crippen LogP) is 3.27. The van der Waals surface area contributed by atoms with Gasteiger partial charge >= 0.3 is 0 Å². The Kier molecular flexibility index (Phi) is 4.70. The van der Waals surface area contributed by atoms with Gasteiger partial charge in [0, 0.05) is 5.69 Å². The highest BCUT2D eigenvalue weighted by molar-refractivity contribution is 5.84. The topological polar surface area (TPSA) is 58.1 Å². The number of nitrogens with zero attached hydrogens (tertiary/aromatic N) is 3. The summed E-state index contributed by atoms with van der Waals surface area (Å²) in [7, 11) is 0. The Morgan fingerprint density at radius 3 is 2.59 bits per heavy atom. The van der Waals surface area contributed by atoms with Crippen molar-refractivity contribution in [3.8, 4) is 6.07 Å². The van der Waals surface area contributed by atoms with Gasteiger partial charge in [0.15, 0.2) is 0 Å². The summed E-state index contributed by atoms with van der Waals surface area (Å²) in [4.78, 5) is 12.2. The number of nitriles is 1. The summed E-state index contributed by atoms with van der Waals surface area (Å²) in [5.41, 5.74) is 3.10. The maximum atomic E-state index is 12.2. The number of pyridine rings is 1. The minimum Gasteiger partial charge on any atom is -0.266 e. The fourth-order valence-corrected chi connectivity index (χ4v) is 2.16. The van der Waals surface area contributed by atoms with Crippen molar-refractivity contribution in [2.75, 3.05) is 0 Å². The number of allylic oxidation sites excluding steroid dienone is 1. The van der Waals surface area contributed by atoms with Crippen LogP contribution in [-0.4, -0.2) is 10.9 Å². The molecule has 2 aromatic rings. The zero-order valence-corrected chi connectivity index (χ0v) is 12.9. The second-order valence-electron chi connectivity index (χ2n) is 5.12. The molecule has 4 nitrogen and oxygen atoms in total. The lowest BCUT2D eigenvalue weighted by atomic mass is 10.1. The monoisotopic (exact) mass is 291 g/mol. The maximum Gasteiger partial charge on any atom is 0.289 e. The van der Waals surface area contributed by atoms with Crippen molar-refractivity contribution in [2.24, 2.45) is 5.10 Å². The molecule has 1 aromatic carbocycles. The van der Waals surface area contributed by atoms with Crippen molar-refractivity contribution in [3.63, 3.8) is 0 Å². The molecule has 0 bridgehead atoms. The summed E-state index contributed by atoms with van der Waals surface area (Å²) in [6.45, 7) is 5.46. The number of hydrogen-bond acceptors (Lipinski definition) is 3. The average molecular weight is 291 g/mol. The van der Waals surface area contributed by atoms with E-state index in [1.807, 2.05) is 49.4 Å². The Hall–Kier alpha value is -2.93. The van der Waals surface area contributed by atoms with Gasteiger partial charge in [-0.15, -0.1) is 0 Å². The molecule has 0 aliphatic heterocycles.